The van der Waals surface area contributed by atoms with Crippen molar-refractivity contribution < 1.29 is 23.1 Å². The maximum Gasteiger partial charge on any atom is 0.317 e. The molecule has 3 rings (SSSR count). The molecule has 0 aliphatic carbocycles. The Kier molecular flexibility index (Phi) is 8.22. The number of carbonyl (C=O) groups excluding carboxylic acids is 1. The van der Waals surface area contributed by atoms with Crippen LogP contribution in [0.3, 0.4) is 0 Å². The number of benzene rings is 2. The molecular formula is C25H35N3O5S. The minimum atomic E-state index is -3.91. The molecular weight excluding hydrogens is 454 g/mol. The fourth-order valence-electron chi connectivity index (χ4n) is 3.96. The van der Waals surface area contributed by atoms with Gasteiger partial charge in [0.05, 0.1) is 13.2 Å². The first-order valence-corrected chi connectivity index (χ1v) is 13.0. The molecule has 0 radical (unpaired) electrons. The Morgan fingerprint density at radius 1 is 1.18 bits per heavy atom. The minimum absolute atomic E-state index is 0.00850. The van der Waals surface area contributed by atoms with E-state index in [1.807, 2.05) is 51.1 Å². The largest absolute Gasteiger partial charge is 0.487 e. The van der Waals surface area contributed by atoms with Gasteiger partial charge in [0.15, 0.2) is 0 Å². The number of hydrogen-bond donors (Lipinski definition) is 2. The van der Waals surface area contributed by atoms with E-state index < -0.39 is 22.2 Å². The van der Waals surface area contributed by atoms with Gasteiger partial charge >= 0.3 is 6.03 Å². The van der Waals surface area contributed by atoms with E-state index in [0.29, 0.717) is 0 Å². The van der Waals surface area contributed by atoms with Crippen LogP contribution in [0.4, 0.5) is 4.79 Å². The molecule has 1 aliphatic heterocycles. The number of hydrogen-bond acceptors (Lipinski definition) is 5. The number of likely N-dealkylation sites (N-methyl/N-ethyl adjacent to an activating group) is 1. The number of urea groups is 1. The molecule has 0 unspecified atom stereocenters. The maximum absolute atomic E-state index is 13.6. The third-order valence-electron chi connectivity index (χ3n) is 5.99. The second-order valence-corrected chi connectivity index (χ2v) is 11.1. The zero-order chi connectivity index (χ0) is 25.0. The Morgan fingerprint density at radius 3 is 2.47 bits per heavy atom. The van der Waals surface area contributed by atoms with Crippen LogP contribution < -0.4 is 10.1 Å². The molecule has 8 nitrogen and oxygen atoms in total. The normalized spacial score (nSPS) is 21.0. The van der Waals surface area contributed by atoms with Gasteiger partial charge in [-0.25, -0.2) is 13.2 Å². The van der Waals surface area contributed by atoms with Gasteiger partial charge in [0.2, 0.25) is 10.0 Å². The van der Waals surface area contributed by atoms with Crippen molar-refractivity contribution in [3.63, 3.8) is 0 Å². The molecule has 34 heavy (non-hydrogen) atoms. The number of ether oxygens (including phenoxy) is 1. The van der Waals surface area contributed by atoms with Crippen molar-refractivity contribution in [3.8, 4) is 16.9 Å². The highest BCUT2D eigenvalue weighted by Crippen LogP contribution is 2.36. The first-order chi connectivity index (χ1) is 16.0. The Labute approximate surface area is 202 Å². The summed E-state index contributed by atoms with van der Waals surface area (Å²) in [6, 6.07) is 13.9. The van der Waals surface area contributed by atoms with Gasteiger partial charge in [0.25, 0.3) is 0 Å². The topological polar surface area (TPSA) is 99.2 Å². The molecule has 2 aromatic rings. The summed E-state index contributed by atoms with van der Waals surface area (Å²) in [7, 11) is -2.22. The first kappa shape index (κ1) is 26.0. The number of rotatable bonds is 6. The number of aliphatic hydroxyl groups is 1. The van der Waals surface area contributed by atoms with Gasteiger partial charge in [-0.2, -0.15) is 4.31 Å². The lowest BCUT2D eigenvalue weighted by Gasteiger charge is -2.37. The average Bonchev–Trinajstić information content (AvgIpc) is 2.80. The summed E-state index contributed by atoms with van der Waals surface area (Å²) in [5.41, 5.74) is 1.76. The Balaban J connectivity index is 2.06. The van der Waals surface area contributed by atoms with E-state index in [2.05, 4.69) is 5.32 Å². The number of sulfonamides is 1. The summed E-state index contributed by atoms with van der Waals surface area (Å²) < 4.78 is 34.9. The van der Waals surface area contributed by atoms with Gasteiger partial charge in [-0.3, -0.25) is 0 Å². The van der Waals surface area contributed by atoms with Crippen LogP contribution in [-0.2, 0) is 10.0 Å². The van der Waals surface area contributed by atoms with Gasteiger partial charge in [-0.15, -0.1) is 0 Å². The van der Waals surface area contributed by atoms with Crippen molar-refractivity contribution in [2.75, 3.05) is 26.7 Å². The van der Waals surface area contributed by atoms with Crippen LogP contribution in [0.15, 0.2) is 53.4 Å². The fourth-order valence-corrected chi connectivity index (χ4v) is 5.79. The van der Waals surface area contributed by atoms with Crippen molar-refractivity contribution in [2.45, 2.75) is 50.8 Å². The lowest BCUT2D eigenvalue weighted by Crippen LogP contribution is -2.51. The molecule has 0 bridgehead atoms. The fraction of sp³-hybridized carbons (Fsp3) is 0.480. The molecule has 9 heteroatoms. The molecule has 1 aliphatic rings. The van der Waals surface area contributed by atoms with E-state index in [-0.39, 0.29) is 48.3 Å². The van der Waals surface area contributed by atoms with Crippen molar-refractivity contribution >= 4 is 16.1 Å². The van der Waals surface area contributed by atoms with Crippen LogP contribution in [0.5, 0.6) is 5.75 Å². The SMILES string of the molecule is CC(C)NC(=O)N(C)C[C@H]1Oc2cc(-c3ccccc3)ccc2S(=O)(=O)N([C@@H](C)CO)C[C@H]1C. The molecule has 0 spiro atoms. The number of aliphatic hydroxyl groups excluding tert-OH is 1. The molecule has 0 aromatic heterocycles. The number of nitrogens with one attached hydrogen (secondary N) is 1. The van der Waals surface area contributed by atoms with Crippen LogP contribution in [0.1, 0.15) is 27.7 Å². The average molecular weight is 490 g/mol. The summed E-state index contributed by atoms with van der Waals surface area (Å²) in [6.45, 7) is 7.50. The van der Waals surface area contributed by atoms with Crippen LogP contribution in [0.25, 0.3) is 11.1 Å². The quantitative estimate of drug-likeness (QED) is 0.649. The van der Waals surface area contributed by atoms with Gasteiger partial charge in [-0.1, -0.05) is 43.3 Å². The summed E-state index contributed by atoms with van der Waals surface area (Å²) in [4.78, 5) is 14.1. The standard InChI is InChI=1S/C25H35N3O5S/c1-17(2)26-25(30)27(5)15-23-18(3)14-28(19(4)16-29)34(31,32)24-12-11-21(13-22(24)33-23)20-9-7-6-8-10-20/h6-13,17-19,23,29H,14-16H2,1-5H3,(H,26,30)/t18-,19+,23-/m1/s1. The summed E-state index contributed by atoms with van der Waals surface area (Å²) in [5.74, 6) is -0.00248. The molecule has 0 saturated carbocycles. The second-order valence-electron chi connectivity index (χ2n) is 9.25. The highest BCUT2D eigenvalue weighted by atomic mass is 32.2. The third kappa shape index (κ3) is 5.71. The minimum Gasteiger partial charge on any atom is -0.487 e. The zero-order valence-corrected chi connectivity index (χ0v) is 21.2. The van der Waals surface area contributed by atoms with E-state index >= 15 is 0 Å². The Bertz CT molecular complexity index is 1090. The number of carbonyl (C=O) groups is 1. The van der Waals surface area contributed by atoms with Crippen LogP contribution in [0.2, 0.25) is 0 Å². The molecule has 2 amide bonds. The lowest BCUT2D eigenvalue weighted by molar-refractivity contribution is 0.0810. The van der Waals surface area contributed by atoms with Crippen molar-refractivity contribution in [1.29, 1.82) is 0 Å². The lowest BCUT2D eigenvalue weighted by atomic mass is 10.0. The highest BCUT2D eigenvalue weighted by Gasteiger charge is 2.38. The van der Waals surface area contributed by atoms with Gasteiger partial charge in [-0.05, 0) is 44.0 Å². The highest BCUT2D eigenvalue weighted by molar-refractivity contribution is 7.89. The van der Waals surface area contributed by atoms with Crippen molar-refractivity contribution in [1.82, 2.24) is 14.5 Å². The van der Waals surface area contributed by atoms with Crippen molar-refractivity contribution in [2.24, 2.45) is 5.92 Å². The van der Waals surface area contributed by atoms with Crippen LogP contribution in [0, 0.1) is 5.92 Å². The van der Waals surface area contributed by atoms with E-state index in [4.69, 9.17) is 4.74 Å². The summed E-state index contributed by atoms with van der Waals surface area (Å²) >= 11 is 0. The predicted molar refractivity (Wildman–Crippen MR) is 132 cm³/mol. The van der Waals surface area contributed by atoms with Gasteiger partial charge < -0.3 is 20.1 Å². The smallest absolute Gasteiger partial charge is 0.317 e. The maximum atomic E-state index is 13.6. The molecule has 2 N–H and O–H groups in total. The number of nitrogens with zero attached hydrogens (tertiary/aromatic N) is 2. The molecule has 1 heterocycles. The van der Waals surface area contributed by atoms with E-state index in [1.54, 1.807) is 37.1 Å². The van der Waals surface area contributed by atoms with Crippen LogP contribution >= 0.6 is 0 Å². The summed E-state index contributed by atoms with van der Waals surface area (Å²) in [5, 5.41) is 12.6. The van der Waals surface area contributed by atoms with Gasteiger partial charge in [0.1, 0.15) is 16.7 Å². The van der Waals surface area contributed by atoms with E-state index in [1.165, 1.54) is 4.31 Å². The monoisotopic (exact) mass is 489 g/mol. The Hall–Kier alpha value is -2.62. The van der Waals surface area contributed by atoms with E-state index in [0.717, 1.165) is 11.1 Å². The first-order valence-electron chi connectivity index (χ1n) is 11.5. The van der Waals surface area contributed by atoms with Crippen LogP contribution in [-0.4, -0.2) is 73.7 Å². The number of fused-ring (bicyclic) bond motifs is 1. The molecule has 3 atom stereocenters. The molecule has 2 aromatic carbocycles. The predicted octanol–water partition coefficient (Wildman–Crippen LogP) is 3.17. The summed E-state index contributed by atoms with van der Waals surface area (Å²) in [6.07, 6.45) is -0.462. The molecule has 0 fully saturated rings. The molecule has 0 saturated heterocycles. The zero-order valence-electron chi connectivity index (χ0n) is 20.4. The molecule has 186 valence electrons. The third-order valence-corrected chi connectivity index (χ3v) is 8.01. The van der Waals surface area contributed by atoms with E-state index in [9.17, 15) is 18.3 Å². The second kappa shape index (κ2) is 10.8. The number of amides is 2. The Morgan fingerprint density at radius 2 is 1.85 bits per heavy atom. The van der Waals surface area contributed by atoms with Crippen molar-refractivity contribution in [3.05, 3.63) is 48.5 Å². The van der Waals surface area contributed by atoms with Gasteiger partial charge in [0, 0.05) is 31.6 Å².